The second-order valence-electron chi connectivity index (χ2n) is 5.94. The maximum atomic E-state index is 13.1. The number of benzene rings is 1. The average Bonchev–Trinajstić information content (AvgIpc) is 3.13. The van der Waals surface area contributed by atoms with Crippen LogP contribution in [0, 0.1) is 0 Å². The molecule has 8 heteroatoms. The Morgan fingerprint density at radius 3 is 2.56 bits per heavy atom. The molecule has 0 bridgehead atoms. The lowest BCUT2D eigenvalue weighted by molar-refractivity contribution is 0.0520. The molecule has 1 aromatic carbocycles. The van der Waals surface area contributed by atoms with Gasteiger partial charge in [0.15, 0.2) is 5.69 Å². The maximum absolute atomic E-state index is 13.1. The summed E-state index contributed by atoms with van der Waals surface area (Å²) >= 11 is 1.32. The maximum Gasteiger partial charge on any atom is 0.357 e. The van der Waals surface area contributed by atoms with Crippen molar-refractivity contribution in [2.24, 2.45) is 0 Å². The number of amides is 1. The summed E-state index contributed by atoms with van der Waals surface area (Å²) < 4.78 is 15.5. The molecule has 0 saturated heterocycles. The Kier molecular flexibility index (Phi) is 7.18. The number of esters is 1. The highest BCUT2D eigenvalue weighted by Gasteiger charge is 2.24. The third-order valence-corrected chi connectivity index (χ3v) is 4.70. The Morgan fingerprint density at radius 2 is 1.96 bits per heavy atom. The van der Waals surface area contributed by atoms with Gasteiger partial charge < -0.3 is 19.1 Å². The van der Waals surface area contributed by atoms with E-state index in [1.807, 2.05) is 13.8 Å². The smallest absolute Gasteiger partial charge is 0.357 e. The Morgan fingerprint density at radius 1 is 1.22 bits per heavy atom. The fourth-order valence-corrected chi connectivity index (χ4v) is 3.21. The summed E-state index contributed by atoms with van der Waals surface area (Å²) in [6.07, 6.45) is 0. The standard InChI is InChI=1S/C19H24N2O5S/c1-6-26-19(23)15-11-27-17(20-15)10-21(12(2)3)18(22)14-8-7-13(24-4)9-16(14)25-5/h7-9,11-12H,6,10H2,1-5H3. The molecule has 2 rings (SSSR count). The largest absolute Gasteiger partial charge is 0.497 e. The van der Waals surface area contributed by atoms with Crippen LogP contribution in [0.1, 0.15) is 46.6 Å². The number of methoxy groups -OCH3 is 2. The summed E-state index contributed by atoms with van der Waals surface area (Å²) in [6.45, 7) is 6.17. The molecular formula is C19H24N2O5S. The molecule has 0 atom stereocenters. The zero-order valence-corrected chi connectivity index (χ0v) is 17.0. The Bertz CT molecular complexity index is 803. The fraction of sp³-hybridized carbons (Fsp3) is 0.421. The number of ether oxygens (including phenoxy) is 3. The lowest BCUT2D eigenvalue weighted by Gasteiger charge is -2.26. The van der Waals surface area contributed by atoms with Gasteiger partial charge in [-0.2, -0.15) is 0 Å². The molecule has 0 aliphatic heterocycles. The first-order chi connectivity index (χ1) is 12.9. The predicted molar refractivity (Wildman–Crippen MR) is 103 cm³/mol. The number of thiazole rings is 1. The summed E-state index contributed by atoms with van der Waals surface area (Å²) in [7, 11) is 3.07. The number of hydrogen-bond donors (Lipinski definition) is 0. The van der Waals surface area contributed by atoms with Crippen LogP contribution in [-0.4, -0.2) is 48.6 Å². The van der Waals surface area contributed by atoms with Crippen molar-refractivity contribution >= 4 is 23.2 Å². The van der Waals surface area contributed by atoms with Crippen LogP contribution in [0.5, 0.6) is 11.5 Å². The lowest BCUT2D eigenvalue weighted by Crippen LogP contribution is -2.36. The van der Waals surface area contributed by atoms with E-state index in [2.05, 4.69) is 4.98 Å². The first-order valence-corrected chi connectivity index (χ1v) is 9.43. The summed E-state index contributed by atoms with van der Waals surface area (Å²) in [5.41, 5.74) is 0.698. The van der Waals surface area contributed by atoms with E-state index in [1.54, 1.807) is 42.5 Å². The van der Waals surface area contributed by atoms with Crippen LogP contribution in [0.15, 0.2) is 23.6 Å². The van der Waals surface area contributed by atoms with Crippen LogP contribution in [0.25, 0.3) is 0 Å². The van der Waals surface area contributed by atoms with Crippen molar-refractivity contribution in [2.75, 3.05) is 20.8 Å². The summed E-state index contributed by atoms with van der Waals surface area (Å²) in [5.74, 6) is 0.409. The highest BCUT2D eigenvalue weighted by molar-refractivity contribution is 7.09. The second-order valence-corrected chi connectivity index (χ2v) is 6.88. The van der Waals surface area contributed by atoms with Gasteiger partial charge in [0, 0.05) is 17.5 Å². The second kappa shape index (κ2) is 9.36. The molecule has 1 heterocycles. The summed E-state index contributed by atoms with van der Waals surface area (Å²) in [4.78, 5) is 30.9. The molecule has 7 nitrogen and oxygen atoms in total. The van der Waals surface area contributed by atoms with Gasteiger partial charge in [-0.25, -0.2) is 9.78 Å². The van der Waals surface area contributed by atoms with E-state index in [0.29, 0.717) is 28.7 Å². The van der Waals surface area contributed by atoms with E-state index < -0.39 is 5.97 Å². The van der Waals surface area contributed by atoms with Crippen LogP contribution in [0.2, 0.25) is 0 Å². The third kappa shape index (κ3) is 4.97. The Hall–Kier alpha value is -2.61. The molecule has 0 saturated carbocycles. The van der Waals surface area contributed by atoms with Gasteiger partial charge >= 0.3 is 5.97 Å². The van der Waals surface area contributed by atoms with Crippen LogP contribution >= 0.6 is 11.3 Å². The minimum atomic E-state index is -0.459. The van der Waals surface area contributed by atoms with Gasteiger partial charge in [0.2, 0.25) is 0 Å². The number of nitrogens with zero attached hydrogens (tertiary/aromatic N) is 2. The van der Waals surface area contributed by atoms with Crippen molar-refractivity contribution in [1.29, 1.82) is 0 Å². The van der Waals surface area contributed by atoms with Gasteiger partial charge in [-0.05, 0) is 32.9 Å². The van der Waals surface area contributed by atoms with Gasteiger partial charge in [0.1, 0.15) is 16.5 Å². The number of carbonyl (C=O) groups excluding carboxylic acids is 2. The minimum absolute atomic E-state index is 0.0701. The molecule has 27 heavy (non-hydrogen) atoms. The van der Waals surface area contributed by atoms with Crippen LogP contribution in [-0.2, 0) is 11.3 Å². The third-order valence-electron chi connectivity index (χ3n) is 3.87. The van der Waals surface area contributed by atoms with E-state index in [0.717, 1.165) is 0 Å². The van der Waals surface area contributed by atoms with Crippen LogP contribution < -0.4 is 9.47 Å². The molecule has 0 fully saturated rings. The van der Waals surface area contributed by atoms with Crippen LogP contribution in [0.4, 0.5) is 0 Å². The van der Waals surface area contributed by atoms with E-state index in [-0.39, 0.29) is 24.2 Å². The average molecular weight is 392 g/mol. The first kappa shape index (κ1) is 20.7. The molecular weight excluding hydrogens is 368 g/mol. The van der Waals surface area contributed by atoms with Crippen LogP contribution in [0.3, 0.4) is 0 Å². The first-order valence-electron chi connectivity index (χ1n) is 8.55. The summed E-state index contributed by atoms with van der Waals surface area (Å²) in [5, 5.41) is 2.30. The molecule has 0 spiro atoms. The Labute approximate surface area is 162 Å². The van der Waals surface area contributed by atoms with Gasteiger partial charge in [-0.1, -0.05) is 0 Å². The normalized spacial score (nSPS) is 10.6. The van der Waals surface area contributed by atoms with Gasteiger partial charge in [0.25, 0.3) is 5.91 Å². The summed E-state index contributed by atoms with van der Waals surface area (Å²) in [6, 6.07) is 5.01. The zero-order chi connectivity index (χ0) is 20.0. The van der Waals surface area contributed by atoms with E-state index >= 15 is 0 Å². The zero-order valence-electron chi connectivity index (χ0n) is 16.1. The fourth-order valence-electron chi connectivity index (χ4n) is 2.45. The topological polar surface area (TPSA) is 78.0 Å². The van der Waals surface area contributed by atoms with Crippen molar-refractivity contribution in [3.8, 4) is 11.5 Å². The molecule has 0 N–H and O–H groups in total. The molecule has 0 unspecified atom stereocenters. The Balaban J connectivity index is 2.25. The minimum Gasteiger partial charge on any atom is -0.497 e. The number of carbonyl (C=O) groups is 2. The van der Waals surface area contributed by atoms with Crippen molar-refractivity contribution in [2.45, 2.75) is 33.4 Å². The number of aromatic nitrogens is 1. The van der Waals surface area contributed by atoms with Crippen molar-refractivity contribution in [1.82, 2.24) is 9.88 Å². The van der Waals surface area contributed by atoms with E-state index in [9.17, 15) is 9.59 Å². The molecule has 0 aliphatic carbocycles. The van der Waals surface area contributed by atoms with Crippen molar-refractivity contribution < 1.29 is 23.8 Å². The highest BCUT2D eigenvalue weighted by atomic mass is 32.1. The molecule has 146 valence electrons. The highest BCUT2D eigenvalue weighted by Crippen LogP contribution is 2.27. The number of rotatable bonds is 8. The number of hydrogen-bond acceptors (Lipinski definition) is 7. The lowest BCUT2D eigenvalue weighted by atomic mass is 10.1. The monoisotopic (exact) mass is 392 g/mol. The van der Waals surface area contributed by atoms with E-state index in [1.165, 1.54) is 18.4 Å². The van der Waals surface area contributed by atoms with Crippen molar-refractivity contribution in [3.05, 3.63) is 39.8 Å². The van der Waals surface area contributed by atoms with Gasteiger partial charge in [0.05, 0.1) is 32.9 Å². The van der Waals surface area contributed by atoms with Gasteiger partial charge in [-0.15, -0.1) is 11.3 Å². The molecule has 1 amide bonds. The van der Waals surface area contributed by atoms with Crippen molar-refractivity contribution in [3.63, 3.8) is 0 Å². The SMILES string of the molecule is CCOC(=O)c1csc(CN(C(=O)c2ccc(OC)cc2OC)C(C)C)n1. The quantitative estimate of drug-likeness (QED) is 0.641. The van der Waals surface area contributed by atoms with Gasteiger partial charge in [-0.3, -0.25) is 4.79 Å². The molecule has 0 radical (unpaired) electrons. The molecule has 1 aromatic heterocycles. The molecule has 2 aromatic rings. The molecule has 0 aliphatic rings. The van der Waals surface area contributed by atoms with E-state index in [4.69, 9.17) is 14.2 Å². The predicted octanol–water partition coefficient (Wildman–Crippen LogP) is 3.39.